The number of rotatable bonds is 5. The summed E-state index contributed by atoms with van der Waals surface area (Å²) >= 11 is 15.0. The van der Waals surface area contributed by atoms with Crippen LogP contribution in [0, 0.1) is 0 Å². The summed E-state index contributed by atoms with van der Waals surface area (Å²) in [6.45, 7) is 3.11. The van der Waals surface area contributed by atoms with Crippen molar-refractivity contribution in [3.8, 4) is 0 Å². The second-order valence-corrected chi connectivity index (χ2v) is 11.0. The minimum atomic E-state index is -0.904. The predicted octanol–water partition coefficient (Wildman–Crippen LogP) is 5.39. The lowest BCUT2D eigenvalue weighted by Gasteiger charge is -2.40. The first-order valence-corrected chi connectivity index (χ1v) is 13.5. The predicted molar refractivity (Wildman–Crippen MR) is 138 cm³/mol. The highest BCUT2D eigenvalue weighted by Gasteiger charge is 2.47. The highest BCUT2D eigenvalue weighted by Crippen LogP contribution is 2.42. The van der Waals surface area contributed by atoms with Crippen LogP contribution in [0.5, 0.6) is 0 Å². The summed E-state index contributed by atoms with van der Waals surface area (Å²) in [5.74, 6) is -0.459. The fourth-order valence-electron chi connectivity index (χ4n) is 4.44. The Morgan fingerprint density at radius 1 is 1.03 bits per heavy atom. The molecule has 2 aromatic carbocycles. The molecule has 2 aliphatic heterocycles. The van der Waals surface area contributed by atoms with Crippen molar-refractivity contribution in [1.82, 2.24) is 5.32 Å². The molecule has 2 atom stereocenters. The molecule has 0 radical (unpaired) electrons. The number of Topliss-reactive ketones (excluding diaryl/α,β-unsaturated/α-hetero) is 1. The number of benzene rings is 2. The smallest absolute Gasteiger partial charge is 0.242 e. The van der Waals surface area contributed by atoms with Crippen molar-refractivity contribution < 1.29 is 14.3 Å². The van der Waals surface area contributed by atoms with Crippen molar-refractivity contribution >= 4 is 63.7 Å². The minimum absolute atomic E-state index is 0.136. The summed E-state index contributed by atoms with van der Waals surface area (Å²) in [5, 5.41) is 7.21. The fourth-order valence-corrected chi connectivity index (χ4v) is 6.66. The molecule has 0 saturated carbocycles. The van der Waals surface area contributed by atoms with Gasteiger partial charge in [-0.2, -0.15) is 11.3 Å². The maximum absolute atomic E-state index is 13.4. The molecule has 1 aromatic heterocycles. The third-order valence-corrected chi connectivity index (χ3v) is 8.86. The molecule has 2 fully saturated rings. The molecule has 176 valence electrons. The molecule has 3 heterocycles. The number of hydrogen-bond acceptors (Lipinski definition) is 6. The highest BCUT2D eigenvalue weighted by atomic mass is 35.5. The molecule has 0 bridgehead atoms. The van der Waals surface area contributed by atoms with E-state index in [0.29, 0.717) is 28.2 Å². The minimum Gasteiger partial charge on any atom is -0.378 e. The van der Waals surface area contributed by atoms with Crippen LogP contribution >= 0.6 is 46.3 Å². The molecule has 2 saturated heterocycles. The number of anilines is 1. The van der Waals surface area contributed by atoms with Crippen molar-refractivity contribution in [2.75, 3.05) is 31.2 Å². The molecule has 1 N–H and O–H groups in total. The number of carbonyl (C=O) groups excluding carboxylic acids is 2. The van der Waals surface area contributed by atoms with E-state index in [4.69, 9.17) is 27.9 Å². The summed E-state index contributed by atoms with van der Waals surface area (Å²) in [7, 11) is 0. The van der Waals surface area contributed by atoms with E-state index in [0.717, 1.165) is 41.7 Å². The SMILES string of the molecule is O=C1CC(c2ccc(N3CCOCC3)cc2)(c2ccsc2)NC(=O)C1Sc1ccc(Cl)cc1Cl. The van der Waals surface area contributed by atoms with E-state index in [1.807, 2.05) is 29.0 Å². The summed E-state index contributed by atoms with van der Waals surface area (Å²) in [5.41, 5.74) is 1.99. The number of halogens is 2. The number of ketones is 1. The van der Waals surface area contributed by atoms with Crippen molar-refractivity contribution in [2.45, 2.75) is 22.1 Å². The zero-order valence-corrected chi connectivity index (χ0v) is 21.3. The van der Waals surface area contributed by atoms with Gasteiger partial charge in [-0.1, -0.05) is 35.3 Å². The van der Waals surface area contributed by atoms with Gasteiger partial charge in [0, 0.05) is 35.1 Å². The molecule has 0 aliphatic carbocycles. The number of nitrogens with one attached hydrogen (secondary N) is 1. The van der Waals surface area contributed by atoms with Crippen LogP contribution in [0.25, 0.3) is 0 Å². The molecule has 5 nitrogen and oxygen atoms in total. The summed E-state index contributed by atoms with van der Waals surface area (Å²) in [6, 6.07) is 15.2. The van der Waals surface area contributed by atoms with Gasteiger partial charge in [0.2, 0.25) is 5.91 Å². The van der Waals surface area contributed by atoms with Gasteiger partial charge in [-0.05, 0) is 58.3 Å². The maximum atomic E-state index is 13.4. The Kier molecular flexibility index (Phi) is 6.91. The van der Waals surface area contributed by atoms with Crippen molar-refractivity contribution in [3.05, 3.63) is 80.5 Å². The van der Waals surface area contributed by atoms with Crippen molar-refractivity contribution in [2.24, 2.45) is 0 Å². The van der Waals surface area contributed by atoms with Gasteiger partial charge < -0.3 is 15.0 Å². The number of thiophene rings is 1. The standard InChI is InChI=1S/C25H22Cl2N2O3S2/c26-18-3-6-22(20(27)13-18)34-23-21(30)14-25(28-24(23)31,17-7-12-33-15-17)16-1-4-19(5-2-16)29-8-10-32-11-9-29/h1-7,12-13,15,23H,8-11,14H2,(H,28,31). The molecule has 2 unspecified atom stereocenters. The van der Waals surface area contributed by atoms with Gasteiger partial charge in [0.05, 0.1) is 23.8 Å². The number of nitrogens with zero attached hydrogens (tertiary/aromatic N) is 1. The van der Waals surface area contributed by atoms with E-state index in [9.17, 15) is 9.59 Å². The second kappa shape index (κ2) is 9.91. The number of carbonyl (C=O) groups is 2. The first kappa shape index (κ1) is 23.7. The first-order valence-electron chi connectivity index (χ1n) is 10.9. The third kappa shape index (κ3) is 4.60. The zero-order valence-electron chi connectivity index (χ0n) is 18.1. The van der Waals surface area contributed by atoms with Gasteiger partial charge in [-0.25, -0.2) is 0 Å². The Labute approximate surface area is 216 Å². The molecule has 0 spiro atoms. The topological polar surface area (TPSA) is 58.6 Å². The average Bonchev–Trinajstić information content (AvgIpc) is 3.39. The van der Waals surface area contributed by atoms with E-state index in [1.54, 1.807) is 29.5 Å². The van der Waals surface area contributed by atoms with E-state index >= 15 is 0 Å². The monoisotopic (exact) mass is 532 g/mol. The molecule has 1 amide bonds. The van der Waals surface area contributed by atoms with Crippen LogP contribution in [-0.2, 0) is 19.9 Å². The largest absolute Gasteiger partial charge is 0.378 e. The van der Waals surface area contributed by atoms with Gasteiger partial charge in [0.25, 0.3) is 0 Å². The first-order chi connectivity index (χ1) is 16.5. The molecular weight excluding hydrogens is 511 g/mol. The zero-order chi connectivity index (χ0) is 23.7. The lowest BCUT2D eigenvalue weighted by atomic mass is 9.77. The average molecular weight is 534 g/mol. The van der Waals surface area contributed by atoms with Gasteiger partial charge in [0.15, 0.2) is 5.78 Å². The summed E-state index contributed by atoms with van der Waals surface area (Å²) in [4.78, 5) is 29.7. The Balaban J connectivity index is 1.44. The number of morpholine rings is 1. The number of ether oxygens (including phenoxy) is 1. The molecule has 9 heteroatoms. The van der Waals surface area contributed by atoms with Gasteiger partial charge in [-0.3, -0.25) is 9.59 Å². The Morgan fingerprint density at radius 3 is 2.44 bits per heavy atom. The fraction of sp³-hybridized carbons (Fsp3) is 0.280. The van der Waals surface area contributed by atoms with Crippen molar-refractivity contribution in [1.29, 1.82) is 0 Å². The molecule has 3 aromatic rings. The Morgan fingerprint density at radius 2 is 1.79 bits per heavy atom. The lowest BCUT2D eigenvalue weighted by Crippen LogP contribution is -2.57. The quantitative estimate of drug-likeness (QED) is 0.446. The van der Waals surface area contributed by atoms with Crippen molar-refractivity contribution in [3.63, 3.8) is 0 Å². The summed E-state index contributed by atoms with van der Waals surface area (Å²) < 4.78 is 5.45. The second-order valence-electron chi connectivity index (χ2n) is 8.27. The highest BCUT2D eigenvalue weighted by molar-refractivity contribution is 8.01. The normalized spacial score (nSPS) is 23.1. The molecular formula is C25H22Cl2N2O3S2. The van der Waals surface area contributed by atoms with Gasteiger partial charge in [-0.15, -0.1) is 11.8 Å². The van der Waals surface area contributed by atoms with Crippen LogP contribution < -0.4 is 10.2 Å². The lowest BCUT2D eigenvalue weighted by molar-refractivity contribution is -0.132. The number of thioether (sulfide) groups is 1. The Hall–Kier alpha value is -2.03. The maximum Gasteiger partial charge on any atom is 0.242 e. The number of amides is 1. The number of hydrogen-bond donors (Lipinski definition) is 1. The molecule has 5 rings (SSSR count). The third-order valence-electron chi connectivity index (χ3n) is 6.20. The molecule has 34 heavy (non-hydrogen) atoms. The van der Waals surface area contributed by atoms with Crippen LogP contribution in [0.2, 0.25) is 10.0 Å². The van der Waals surface area contributed by atoms with E-state index in [1.165, 1.54) is 0 Å². The van der Waals surface area contributed by atoms with Crippen LogP contribution in [0.15, 0.2) is 64.2 Å². The van der Waals surface area contributed by atoms with E-state index in [-0.39, 0.29) is 18.1 Å². The van der Waals surface area contributed by atoms with E-state index < -0.39 is 10.8 Å². The van der Waals surface area contributed by atoms with Crippen LogP contribution in [0.1, 0.15) is 17.5 Å². The van der Waals surface area contributed by atoms with E-state index in [2.05, 4.69) is 22.3 Å². The van der Waals surface area contributed by atoms with Gasteiger partial charge >= 0.3 is 0 Å². The number of piperidine rings is 1. The summed E-state index contributed by atoms with van der Waals surface area (Å²) in [6.07, 6.45) is 0.162. The van der Waals surface area contributed by atoms with Crippen LogP contribution in [0.4, 0.5) is 5.69 Å². The van der Waals surface area contributed by atoms with Gasteiger partial charge in [0.1, 0.15) is 5.25 Å². The van der Waals surface area contributed by atoms with Crippen LogP contribution in [-0.4, -0.2) is 43.2 Å². The molecule has 2 aliphatic rings. The Bertz CT molecular complexity index is 1180. The van der Waals surface area contributed by atoms with Crippen LogP contribution in [0.3, 0.4) is 0 Å².